The van der Waals surface area contributed by atoms with Crippen LogP contribution in [0.4, 0.5) is 0 Å². The van der Waals surface area contributed by atoms with E-state index in [0.717, 1.165) is 35.5 Å². The first-order chi connectivity index (χ1) is 14.2. The fraction of sp³-hybridized carbons (Fsp3) is 1.00. The van der Waals surface area contributed by atoms with E-state index >= 15 is 0 Å². The van der Waals surface area contributed by atoms with Gasteiger partial charge in [0.15, 0.2) is 0 Å². The lowest BCUT2D eigenvalue weighted by atomic mass is 9.58. The van der Waals surface area contributed by atoms with Crippen molar-refractivity contribution in [2.45, 2.75) is 144 Å². The maximum Gasteiger partial charge on any atom is -0.0295 e. The molecular formula is C30H56. The highest BCUT2D eigenvalue weighted by Crippen LogP contribution is 2.51. The highest BCUT2D eigenvalue weighted by Gasteiger charge is 2.40. The summed E-state index contributed by atoms with van der Waals surface area (Å²) in [5.74, 6) is 6.01. The van der Waals surface area contributed by atoms with Crippen LogP contribution in [0.25, 0.3) is 0 Å². The van der Waals surface area contributed by atoms with Gasteiger partial charge in [-0.05, 0) is 97.7 Å². The SMILES string of the molecule is CC1CCC(C2(C)CCCCC2)C(C)C1.CC1CCC(C2(C)CCCCC2)CC1C. The highest BCUT2D eigenvalue weighted by atomic mass is 14.5. The molecule has 30 heavy (non-hydrogen) atoms. The zero-order valence-corrected chi connectivity index (χ0v) is 21.8. The lowest BCUT2D eigenvalue weighted by Crippen LogP contribution is -2.37. The largest absolute Gasteiger partial charge is 0.0625 e. The molecule has 0 aliphatic heterocycles. The molecule has 0 saturated heterocycles. The van der Waals surface area contributed by atoms with E-state index in [0.29, 0.717) is 10.8 Å². The molecule has 4 rings (SSSR count). The van der Waals surface area contributed by atoms with Crippen molar-refractivity contribution in [2.75, 3.05) is 0 Å². The lowest BCUT2D eigenvalue weighted by molar-refractivity contribution is 0.0351. The molecule has 0 bridgehead atoms. The second kappa shape index (κ2) is 10.7. The third kappa shape index (κ3) is 6.07. The Morgan fingerprint density at radius 1 is 0.500 bits per heavy atom. The van der Waals surface area contributed by atoms with Crippen LogP contribution in [0.1, 0.15) is 144 Å². The smallest absolute Gasteiger partial charge is 0.0295 e. The maximum absolute atomic E-state index is 2.59. The quantitative estimate of drug-likeness (QED) is 0.420. The van der Waals surface area contributed by atoms with Gasteiger partial charge in [-0.15, -0.1) is 0 Å². The molecule has 0 spiro atoms. The number of rotatable bonds is 2. The molecule has 6 unspecified atom stereocenters. The molecule has 0 aromatic heterocycles. The zero-order chi connectivity index (χ0) is 21.8. The third-order valence-electron chi connectivity index (χ3n) is 10.9. The van der Waals surface area contributed by atoms with Crippen molar-refractivity contribution in [3.8, 4) is 0 Å². The average Bonchev–Trinajstić information content (AvgIpc) is 2.71. The monoisotopic (exact) mass is 416 g/mol. The minimum Gasteiger partial charge on any atom is -0.0625 e. The molecule has 0 nitrogen and oxygen atoms in total. The van der Waals surface area contributed by atoms with Gasteiger partial charge in [-0.2, -0.15) is 0 Å². The normalized spacial score (nSPS) is 41.4. The Hall–Kier alpha value is 0. The van der Waals surface area contributed by atoms with Gasteiger partial charge in [-0.1, -0.05) is 92.9 Å². The van der Waals surface area contributed by atoms with Gasteiger partial charge in [-0.25, -0.2) is 0 Å². The van der Waals surface area contributed by atoms with Gasteiger partial charge >= 0.3 is 0 Å². The van der Waals surface area contributed by atoms with E-state index in [4.69, 9.17) is 0 Å². The van der Waals surface area contributed by atoms with Crippen LogP contribution in [0.2, 0.25) is 0 Å². The molecule has 4 fully saturated rings. The highest BCUT2D eigenvalue weighted by molar-refractivity contribution is 4.91. The van der Waals surface area contributed by atoms with Crippen LogP contribution in [0.5, 0.6) is 0 Å². The molecule has 0 N–H and O–H groups in total. The van der Waals surface area contributed by atoms with Gasteiger partial charge in [0.1, 0.15) is 0 Å². The number of hydrogen-bond donors (Lipinski definition) is 0. The van der Waals surface area contributed by atoms with E-state index < -0.39 is 0 Å². The van der Waals surface area contributed by atoms with Crippen molar-refractivity contribution >= 4 is 0 Å². The second-order valence-corrected chi connectivity index (χ2v) is 13.4. The Labute approximate surface area is 190 Å². The van der Waals surface area contributed by atoms with Gasteiger partial charge in [0.25, 0.3) is 0 Å². The van der Waals surface area contributed by atoms with Gasteiger partial charge in [-0.3, -0.25) is 0 Å². The van der Waals surface area contributed by atoms with E-state index in [2.05, 4.69) is 41.5 Å². The van der Waals surface area contributed by atoms with Crippen LogP contribution >= 0.6 is 0 Å². The first kappa shape index (κ1) is 24.6. The molecule has 4 saturated carbocycles. The number of hydrogen-bond acceptors (Lipinski definition) is 0. The predicted molar refractivity (Wildman–Crippen MR) is 134 cm³/mol. The van der Waals surface area contributed by atoms with Crippen molar-refractivity contribution in [3.63, 3.8) is 0 Å². The molecule has 0 radical (unpaired) electrons. The van der Waals surface area contributed by atoms with Crippen molar-refractivity contribution in [3.05, 3.63) is 0 Å². The molecule has 4 aliphatic carbocycles. The second-order valence-electron chi connectivity index (χ2n) is 13.4. The molecule has 0 amide bonds. The molecule has 0 aromatic carbocycles. The molecule has 0 aromatic rings. The minimum absolute atomic E-state index is 0.706. The van der Waals surface area contributed by atoms with E-state index in [9.17, 15) is 0 Å². The summed E-state index contributed by atoms with van der Waals surface area (Å²) >= 11 is 0. The Bertz CT molecular complexity index is 492. The Kier molecular flexibility index (Phi) is 8.82. The molecule has 0 heterocycles. The van der Waals surface area contributed by atoms with Gasteiger partial charge < -0.3 is 0 Å². The van der Waals surface area contributed by atoms with Crippen LogP contribution < -0.4 is 0 Å². The van der Waals surface area contributed by atoms with Gasteiger partial charge in [0.05, 0.1) is 0 Å². The van der Waals surface area contributed by atoms with Gasteiger partial charge in [0, 0.05) is 0 Å². The van der Waals surface area contributed by atoms with Crippen molar-refractivity contribution < 1.29 is 0 Å². The molecule has 0 heteroatoms. The fourth-order valence-electron chi connectivity index (χ4n) is 8.38. The zero-order valence-electron chi connectivity index (χ0n) is 21.8. The molecule has 176 valence electrons. The van der Waals surface area contributed by atoms with Crippen molar-refractivity contribution in [1.82, 2.24) is 0 Å². The fourth-order valence-corrected chi connectivity index (χ4v) is 8.38. The van der Waals surface area contributed by atoms with Crippen LogP contribution in [0.3, 0.4) is 0 Å². The Balaban J connectivity index is 0.000000171. The van der Waals surface area contributed by atoms with E-state index in [1.165, 1.54) is 103 Å². The summed E-state index contributed by atoms with van der Waals surface area (Å²) in [5.41, 5.74) is 1.42. The van der Waals surface area contributed by atoms with Crippen molar-refractivity contribution in [1.29, 1.82) is 0 Å². The summed E-state index contributed by atoms with van der Waals surface area (Å²) in [5, 5.41) is 0. The standard InChI is InChI=1S/2C15H28/c1-12-7-8-14(11-13(12)2)15(3)9-5-4-6-10-15;1-12-7-8-14(13(2)11-12)15(3)9-5-4-6-10-15/h2*12-14H,4-11H2,1-3H3. The first-order valence-corrected chi connectivity index (χ1v) is 14.2. The summed E-state index contributed by atoms with van der Waals surface area (Å²) in [4.78, 5) is 0. The van der Waals surface area contributed by atoms with E-state index in [1.54, 1.807) is 0 Å². The molecule has 4 aliphatic rings. The Morgan fingerprint density at radius 3 is 1.60 bits per heavy atom. The maximum atomic E-state index is 2.59. The molecule has 6 atom stereocenters. The first-order valence-electron chi connectivity index (χ1n) is 14.2. The summed E-state index contributed by atoms with van der Waals surface area (Å²) in [6.45, 7) is 15.0. The van der Waals surface area contributed by atoms with Crippen LogP contribution in [-0.2, 0) is 0 Å². The third-order valence-corrected chi connectivity index (χ3v) is 10.9. The summed E-state index contributed by atoms with van der Waals surface area (Å²) < 4.78 is 0. The van der Waals surface area contributed by atoms with Crippen molar-refractivity contribution in [2.24, 2.45) is 46.3 Å². The molecular weight excluding hydrogens is 360 g/mol. The van der Waals surface area contributed by atoms with Gasteiger partial charge in [0.2, 0.25) is 0 Å². The van der Waals surface area contributed by atoms with E-state index in [1.807, 2.05) is 0 Å². The van der Waals surface area contributed by atoms with Crippen LogP contribution in [-0.4, -0.2) is 0 Å². The summed E-state index contributed by atoms with van der Waals surface area (Å²) in [7, 11) is 0. The summed E-state index contributed by atoms with van der Waals surface area (Å²) in [6, 6.07) is 0. The Morgan fingerprint density at radius 2 is 1.07 bits per heavy atom. The minimum atomic E-state index is 0.706. The van der Waals surface area contributed by atoms with E-state index in [-0.39, 0.29) is 0 Å². The van der Waals surface area contributed by atoms with Crippen LogP contribution in [0.15, 0.2) is 0 Å². The van der Waals surface area contributed by atoms with Crippen LogP contribution in [0, 0.1) is 46.3 Å². The topological polar surface area (TPSA) is 0 Å². The predicted octanol–water partition coefficient (Wildman–Crippen LogP) is 10.1. The summed E-state index contributed by atoms with van der Waals surface area (Å²) in [6.07, 6.45) is 24.0. The lowest BCUT2D eigenvalue weighted by Gasteiger charge is -2.47. The average molecular weight is 417 g/mol.